The normalized spacial score (nSPS) is 21.5. The van der Waals surface area contributed by atoms with E-state index in [-0.39, 0.29) is 36.1 Å². The van der Waals surface area contributed by atoms with Gasteiger partial charge in [-0.25, -0.2) is 4.39 Å². The summed E-state index contributed by atoms with van der Waals surface area (Å²) in [6, 6.07) is 6.41. The fourth-order valence-electron chi connectivity index (χ4n) is 2.84. The molecule has 0 aliphatic carbocycles. The largest absolute Gasteiger partial charge is 0.381 e. The maximum Gasteiger partial charge on any atom is 0.225 e. The molecule has 2 unspecified atom stereocenters. The molecule has 130 valence electrons. The predicted octanol–water partition coefficient (Wildman–Crippen LogP) is 2.01. The van der Waals surface area contributed by atoms with Crippen LogP contribution in [0.5, 0.6) is 0 Å². The zero-order valence-corrected chi connectivity index (χ0v) is 14.2. The van der Waals surface area contributed by atoms with Gasteiger partial charge in [0.2, 0.25) is 5.91 Å². The summed E-state index contributed by atoms with van der Waals surface area (Å²) in [5.74, 6) is -0.605. The number of anilines is 1. The number of piperidine rings is 1. The van der Waals surface area contributed by atoms with Gasteiger partial charge in [0.05, 0.1) is 11.8 Å². The van der Waals surface area contributed by atoms with Crippen LogP contribution in [-0.2, 0) is 9.53 Å². The van der Waals surface area contributed by atoms with Gasteiger partial charge in [0.25, 0.3) is 0 Å². The van der Waals surface area contributed by atoms with Crippen molar-refractivity contribution in [2.45, 2.75) is 31.4 Å². The number of nitrogens with two attached hydrogens (primary N) is 1. The Morgan fingerprint density at radius 1 is 1.48 bits per heavy atom. The lowest BCUT2D eigenvalue weighted by Crippen LogP contribution is -2.49. The van der Waals surface area contributed by atoms with Crippen LogP contribution in [0.2, 0.25) is 0 Å². The second-order valence-corrected chi connectivity index (χ2v) is 5.59. The van der Waals surface area contributed by atoms with Crippen molar-refractivity contribution in [1.29, 1.82) is 0 Å². The van der Waals surface area contributed by atoms with Crippen molar-refractivity contribution in [3.63, 3.8) is 0 Å². The number of para-hydroxylation sites is 1. The first-order chi connectivity index (χ1) is 10.6. The highest BCUT2D eigenvalue weighted by Gasteiger charge is 2.27. The molecule has 0 radical (unpaired) electrons. The van der Waals surface area contributed by atoms with E-state index in [1.807, 2.05) is 0 Å². The molecule has 2 rings (SSSR count). The van der Waals surface area contributed by atoms with Gasteiger partial charge < -0.3 is 15.8 Å². The summed E-state index contributed by atoms with van der Waals surface area (Å²) in [6.07, 6.45) is 2.41. The monoisotopic (exact) mass is 345 g/mol. The molecule has 1 amide bonds. The van der Waals surface area contributed by atoms with Gasteiger partial charge in [-0.15, -0.1) is 12.4 Å². The van der Waals surface area contributed by atoms with Crippen LogP contribution in [0.4, 0.5) is 10.1 Å². The van der Waals surface area contributed by atoms with Crippen LogP contribution >= 0.6 is 12.4 Å². The number of methoxy groups -OCH3 is 1. The summed E-state index contributed by atoms with van der Waals surface area (Å²) in [7, 11) is 1.72. The summed E-state index contributed by atoms with van der Waals surface area (Å²) in [5, 5.41) is 2.61. The van der Waals surface area contributed by atoms with Gasteiger partial charge in [0, 0.05) is 39.2 Å². The third kappa shape index (κ3) is 5.73. The van der Waals surface area contributed by atoms with E-state index in [1.54, 1.807) is 25.3 Å². The van der Waals surface area contributed by atoms with Crippen LogP contribution in [-0.4, -0.2) is 49.7 Å². The number of hydrogen-bond acceptors (Lipinski definition) is 4. The van der Waals surface area contributed by atoms with Gasteiger partial charge in [0.1, 0.15) is 5.82 Å². The topological polar surface area (TPSA) is 67.6 Å². The second-order valence-electron chi connectivity index (χ2n) is 5.59. The fraction of sp³-hybridized carbons (Fsp3) is 0.562. The quantitative estimate of drug-likeness (QED) is 0.827. The summed E-state index contributed by atoms with van der Waals surface area (Å²) >= 11 is 0. The lowest BCUT2D eigenvalue weighted by atomic mass is 9.99. The molecule has 5 nitrogen and oxygen atoms in total. The van der Waals surface area contributed by atoms with E-state index in [0.717, 1.165) is 19.4 Å². The standard InChI is InChI=1S/C16H24FN3O2.ClH/c1-22-13-6-8-20(12(10-13)11-18)9-7-16(21)19-15-5-3-2-4-14(15)17;/h2-5,12-13H,6-11,18H2,1H3,(H,19,21);1H. The van der Waals surface area contributed by atoms with E-state index < -0.39 is 5.82 Å². The van der Waals surface area contributed by atoms with Crippen LogP contribution < -0.4 is 11.1 Å². The number of ether oxygens (including phenoxy) is 1. The Labute approximate surface area is 142 Å². The van der Waals surface area contributed by atoms with Crippen molar-refractivity contribution >= 4 is 24.0 Å². The van der Waals surface area contributed by atoms with Crippen LogP contribution in [0.3, 0.4) is 0 Å². The number of likely N-dealkylation sites (tertiary alicyclic amines) is 1. The van der Waals surface area contributed by atoms with Crippen LogP contribution in [0.15, 0.2) is 24.3 Å². The zero-order valence-electron chi connectivity index (χ0n) is 13.3. The number of rotatable bonds is 6. The zero-order chi connectivity index (χ0) is 15.9. The summed E-state index contributed by atoms with van der Waals surface area (Å²) < 4.78 is 18.9. The Morgan fingerprint density at radius 2 is 2.22 bits per heavy atom. The Hall–Kier alpha value is -1.21. The highest BCUT2D eigenvalue weighted by Crippen LogP contribution is 2.19. The van der Waals surface area contributed by atoms with Crippen LogP contribution in [0.25, 0.3) is 0 Å². The molecule has 23 heavy (non-hydrogen) atoms. The van der Waals surface area contributed by atoms with E-state index in [9.17, 15) is 9.18 Å². The van der Waals surface area contributed by atoms with Gasteiger partial charge in [-0.3, -0.25) is 9.69 Å². The first-order valence-corrected chi connectivity index (χ1v) is 7.65. The molecule has 1 aliphatic heterocycles. The van der Waals surface area contributed by atoms with Gasteiger partial charge in [-0.2, -0.15) is 0 Å². The predicted molar refractivity (Wildman–Crippen MR) is 91.3 cm³/mol. The highest BCUT2D eigenvalue weighted by molar-refractivity contribution is 5.90. The van der Waals surface area contributed by atoms with Crippen molar-refractivity contribution in [2.24, 2.45) is 5.73 Å². The van der Waals surface area contributed by atoms with E-state index >= 15 is 0 Å². The van der Waals surface area contributed by atoms with Crippen molar-refractivity contribution in [3.05, 3.63) is 30.1 Å². The first kappa shape index (κ1) is 19.8. The Morgan fingerprint density at radius 3 is 2.87 bits per heavy atom. The molecule has 1 aromatic rings. The fourth-order valence-corrected chi connectivity index (χ4v) is 2.84. The van der Waals surface area contributed by atoms with Crippen molar-refractivity contribution in [2.75, 3.05) is 32.1 Å². The minimum absolute atomic E-state index is 0. The maximum atomic E-state index is 13.5. The highest BCUT2D eigenvalue weighted by atomic mass is 35.5. The molecule has 1 aliphatic rings. The van der Waals surface area contributed by atoms with Crippen LogP contribution in [0, 0.1) is 5.82 Å². The van der Waals surface area contributed by atoms with Crippen molar-refractivity contribution in [1.82, 2.24) is 4.90 Å². The molecule has 0 spiro atoms. The van der Waals surface area contributed by atoms with Gasteiger partial charge in [0.15, 0.2) is 0 Å². The Kier molecular flexibility index (Phi) is 8.47. The molecule has 0 aromatic heterocycles. The number of halogens is 2. The first-order valence-electron chi connectivity index (χ1n) is 7.65. The van der Waals surface area contributed by atoms with Gasteiger partial charge >= 0.3 is 0 Å². The molecule has 0 bridgehead atoms. The summed E-state index contributed by atoms with van der Waals surface area (Å²) in [6.45, 7) is 2.04. The number of nitrogens with one attached hydrogen (secondary N) is 1. The van der Waals surface area contributed by atoms with Crippen LogP contribution in [0.1, 0.15) is 19.3 Å². The Bertz CT molecular complexity index is 504. The average molecular weight is 346 g/mol. The van der Waals surface area contributed by atoms with Crippen molar-refractivity contribution < 1.29 is 13.9 Å². The molecule has 1 aromatic carbocycles. The molecule has 1 saturated heterocycles. The minimum Gasteiger partial charge on any atom is -0.381 e. The molecule has 7 heteroatoms. The molecule has 1 heterocycles. The number of carbonyl (C=O) groups excluding carboxylic acids is 1. The molecule has 3 N–H and O–H groups in total. The SMILES string of the molecule is COC1CCN(CCC(=O)Nc2ccccc2F)C(CN)C1.Cl. The van der Waals surface area contributed by atoms with Crippen molar-refractivity contribution in [3.8, 4) is 0 Å². The third-order valence-electron chi connectivity index (χ3n) is 4.17. The lowest BCUT2D eigenvalue weighted by Gasteiger charge is -2.38. The molecule has 1 fully saturated rings. The second kappa shape index (κ2) is 9.82. The summed E-state index contributed by atoms with van der Waals surface area (Å²) in [4.78, 5) is 14.2. The lowest BCUT2D eigenvalue weighted by molar-refractivity contribution is -0.116. The third-order valence-corrected chi connectivity index (χ3v) is 4.17. The van der Waals surface area contributed by atoms with Gasteiger partial charge in [-0.1, -0.05) is 12.1 Å². The smallest absolute Gasteiger partial charge is 0.225 e. The number of amides is 1. The average Bonchev–Trinajstić information content (AvgIpc) is 2.55. The van der Waals surface area contributed by atoms with E-state index in [2.05, 4.69) is 10.2 Å². The van der Waals surface area contributed by atoms with E-state index in [0.29, 0.717) is 19.5 Å². The molecule has 0 saturated carbocycles. The van der Waals surface area contributed by atoms with Gasteiger partial charge in [-0.05, 0) is 25.0 Å². The number of benzene rings is 1. The molecular weight excluding hydrogens is 321 g/mol. The van der Waals surface area contributed by atoms with E-state index in [4.69, 9.17) is 10.5 Å². The summed E-state index contributed by atoms with van der Waals surface area (Å²) in [5.41, 5.74) is 6.04. The number of carbonyl (C=O) groups is 1. The van der Waals surface area contributed by atoms with E-state index in [1.165, 1.54) is 6.07 Å². The maximum absolute atomic E-state index is 13.5. The minimum atomic E-state index is -0.420. The Balaban J connectivity index is 0.00000264. The molecule has 2 atom stereocenters. The number of hydrogen-bond donors (Lipinski definition) is 2. The number of nitrogens with zero attached hydrogens (tertiary/aromatic N) is 1. The molecular formula is C16H25ClFN3O2.